The van der Waals surface area contributed by atoms with Crippen molar-refractivity contribution in [3.8, 4) is 0 Å². The molecule has 0 heterocycles. The normalized spacial score (nSPS) is 13.8. The first-order valence-corrected chi connectivity index (χ1v) is 17.4. The molecule has 0 spiro atoms. The van der Waals surface area contributed by atoms with Crippen LogP contribution in [0.2, 0.25) is 0 Å². The Bertz CT molecular complexity index is 943. The highest BCUT2D eigenvalue weighted by Gasteiger charge is 2.25. The maximum Gasteiger partial charge on any atom is 0.306 e. The number of nitrogens with zero attached hydrogens (tertiary/aromatic N) is 1. The quantitative estimate of drug-likeness (QED) is 0.0285. The first-order chi connectivity index (χ1) is 22.1. The molecule has 0 aromatic heterocycles. The van der Waals surface area contributed by atoms with E-state index in [1.807, 2.05) is 36.5 Å². The zero-order valence-electron chi connectivity index (χ0n) is 29.5. The molecule has 0 fully saturated rings. The number of allylic oxidation sites excluding steroid dienone is 10. The van der Waals surface area contributed by atoms with Gasteiger partial charge in [-0.25, -0.2) is 0 Å². The molecule has 2 atom stereocenters. The highest BCUT2D eigenvalue weighted by molar-refractivity contribution is 5.70. The summed E-state index contributed by atoms with van der Waals surface area (Å²) in [5.41, 5.74) is 0. The number of hydrogen-bond donors (Lipinski definition) is 0. The summed E-state index contributed by atoms with van der Waals surface area (Å²) in [7, 11) is 5.36. The molecule has 0 bridgehead atoms. The second-order valence-electron chi connectivity index (χ2n) is 12.5. The lowest BCUT2D eigenvalue weighted by Gasteiger charge is -2.34. The van der Waals surface area contributed by atoms with E-state index in [-0.39, 0.29) is 55.5 Å². The lowest BCUT2D eigenvalue weighted by Crippen LogP contribution is -2.55. The second kappa shape index (κ2) is 29.4. The van der Waals surface area contributed by atoms with Gasteiger partial charge in [0.15, 0.2) is 6.10 Å². The number of unbranched alkanes of at least 4 members (excludes halogenated alkanes) is 8. The third-order valence-corrected chi connectivity index (χ3v) is 7.23. The number of carboxylic acids is 1. The standard InChI is InChI=1S/C38H63NO7/c1-6-8-10-12-14-16-17-18-19-21-23-25-27-29-37(41)46-34(32-44-31-30-35(38(42)43)39(3,4)5)33-45-36(40)28-26-24-22-20-15-13-11-9-7-2/h8,10,12,14,16-20,22,34-35H,6-7,9,11,13,15,21,23-33H2,1-5H3/b10-8+,14-12+,17-16+,19-18+,22-20+. The largest absolute Gasteiger partial charge is 0.544 e. The van der Waals surface area contributed by atoms with E-state index in [0.717, 1.165) is 38.5 Å². The van der Waals surface area contributed by atoms with E-state index in [1.54, 1.807) is 21.1 Å². The molecule has 0 aliphatic rings. The molecule has 0 aromatic rings. The van der Waals surface area contributed by atoms with Gasteiger partial charge in [0.05, 0.1) is 40.3 Å². The van der Waals surface area contributed by atoms with Crippen molar-refractivity contribution in [2.45, 2.75) is 122 Å². The van der Waals surface area contributed by atoms with Crippen molar-refractivity contribution in [2.24, 2.45) is 0 Å². The number of rotatable bonds is 29. The van der Waals surface area contributed by atoms with E-state index in [2.05, 4.69) is 38.2 Å². The van der Waals surface area contributed by atoms with E-state index >= 15 is 0 Å². The van der Waals surface area contributed by atoms with Crippen LogP contribution in [0.25, 0.3) is 0 Å². The van der Waals surface area contributed by atoms with Crippen molar-refractivity contribution in [3.63, 3.8) is 0 Å². The van der Waals surface area contributed by atoms with E-state index in [0.29, 0.717) is 12.8 Å². The predicted octanol–water partition coefficient (Wildman–Crippen LogP) is 6.96. The van der Waals surface area contributed by atoms with Crippen LogP contribution in [-0.4, -0.2) is 75.5 Å². The molecule has 0 aliphatic heterocycles. The van der Waals surface area contributed by atoms with Crippen molar-refractivity contribution in [1.82, 2.24) is 0 Å². The summed E-state index contributed by atoms with van der Waals surface area (Å²) in [6.45, 7) is 4.37. The number of ether oxygens (including phenoxy) is 3. The lowest BCUT2D eigenvalue weighted by atomic mass is 10.1. The van der Waals surface area contributed by atoms with E-state index < -0.39 is 18.1 Å². The Morgan fingerprint density at radius 3 is 1.89 bits per heavy atom. The molecule has 262 valence electrons. The summed E-state index contributed by atoms with van der Waals surface area (Å²) in [6, 6.07) is -0.736. The van der Waals surface area contributed by atoms with Crippen molar-refractivity contribution in [3.05, 3.63) is 60.8 Å². The number of esters is 2. The Balaban J connectivity index is 4.61. The summed E-state index contributed by atoms with van der Waals surface area (Å²) in [5, 5.41) is 11.5. The van der Waals surface area contributed by atoms with Crippen molar-refractivity contribution < 1.29 is 38.2 Å². The van der Waals surface area contributed by atoms with Crippen molar-refractivity contribution in [1.29, 1.82) is 0 Å². The van der Waals surface area contributed by atoms with Crippen LogP contribution in [0.5, 0.6) is 0 Å². The Morgan fingerprint density at radius 1 is 0.674 bits per heavy atom. The van der Waals surface area contributed by atoms with Crippen molar-refractivity contribution >= 4 is 17.9 Å². The topological polar surface area (TPSA) is 102 Å². The third kappa shape index (κ3) is 27.3. The van der Waals surface area contributed by atoms with Gasteiger partial charge in [0.2, 0.25) is 0 Å². The summed E-state index contributed by atoms with van der Waals surface area (Å²) in [4.78, 5) is 36.4. The van der Waals surface area contributed by atoms with Crippen LogP contribution in [0.15, 0.2) is 60.8 Å². The van der Waals surface area contributed by atoms with Gasteiger partial charge in [-0.15, -0.1) is 0 Å². The third-order valence-electron chi connectivity index (χ3n) is 7.23. The monoisotopic (exact) mass is 645 g/mol. The van der Waals surface area contributed by atoms with Gasteiger partial charge >= 0.3 is 11.9 Å². The average Bonchev–Trinajstić information content (AvgIpc) is 3.00. The number of aliphatic carboxylic acids is 1. The molecule has 8 nitrogen and oxygen atoms in total. The average molecular weight is 646 g/mol. The molecule has 0 rings (SSSR count). The fourth-order valence-corrected chi connectivity index (χ4v) is 4.49. The van der Waals surface area contributed by atoms with Gasteiger partial charge in [-0.3, -0.25) is 9.59 Å². The molecule has 0 saturated carbocycles. The molecule has 0 aliphatic carbocycles. The molecule has 2 unspecified atom stereocenters. The molecule has 8 heteroatoms. The lowest BCUT2D eigenvalue weighted by molar-refractivity contribution is -0.889. The van der Waals surface area contributed by atoms with Crippen LogP contribution in [-0.2, 0) is 28.6 Å². The smallest absolute Gasteiger partial charge is 0.306 e. The zero-order valence-corrected chi connectivity index (χ0v) is 29.5. The highest BCUT2D eigenvalue weighted by atomic mass is 16.6. The minimum Gasteiger partial charge on any atom is -0.544 e. The van der Waals surface area contributed by atoms with Crippen LogP contribution in [0.3, 0.4) is 0 Å². The molecule has 0 radical (unpaired) electrons. The number of likely N-dealkylation sites (N-methyl/N-ethyl adjacent to an activating group) is 1. The predicted molar refractivity (Wildman–Crippen MR) is 185 cm³/mol. The minimum absolute atomic E-state index is 0.0130. The van der Waals surface area contributed by atoms with E-state index in [4.69, 9.17) is 14.2 Å². The Labute approximate surface area is 279 Å². The summed E-state index contributed by atoms with van der Waals surface area (Å²) >= 11 is 0. The van der Waals surface area contributed by atoms with Crippen LogP contribution in [0.4, 0.5) is 0 Å². The number of carboxylic acid groups (broad SMARTS) is 1. The number of hydrogen-bond acceptors (Lipinski definition) is 7. The van der Waals surface area contributed by atoms with Gasteiger partial charge in [-0.05, 0) is 51.4 Å². The van der Waals surface area contributed by atoms with Gasteiger partial charge in [-0.1, -0.05) is 100 Å². The van der Waals surface area contributed by atoms with Crippen LogP contribution in [0.1, 0.15) is 110 Å². The van der Waals surface area contributed by atoms with Crippen LogP contribution >= 0.6 is 0 Å². The molecule has 0 N–H and O–H groups in total. The van der Waals surface area contributed by atoms with Crippen LogP contribution in [0, 0.1) is 0 Å². The first kappa shape index (κ1) is 43.0. The number of carbonyl (C=O) groups is 3. The summed E-state index contributed by atoms with van der Waals surface area (Å²) in [6.07, 6.45) is 32.6. The summed E-state index contributed by atoms with van der Waals surface area (Å²) < 4.78 is 16.9. The van der Waals surface area contributed by atoms with Gasteiger partial charge in [0.1, 0.15) is 12.6 Å². The van der Waals surface area contributed by atoms with Gasteiger partial charge in [0.25, 0.3) is 0 Å². The highest BCUT2D eigenvalue weighted by Crippen LogP contribution is 2.10. The number of carbonyl (C=O) groups excluding carboxylic acids is 3. The Kier molecular flexibility index (Phi) is 27.5. The van der Waals surface area contributed by atoms with Gasteiger partial charge < -0.3 is 28.6 Å². The molecule has 0 aromatic carbocycles. The van der Waals surface area contributed by atoms with Crippen LogP contribution < -0.4 is 5.11 Å². The maximum atomic E-state index is 12.6. The minimum atomic E-state index is -1.14. The SMILES string of the molecule is CC/C=C/C=C/C=C/C=C/CCCCCC(=O)OC(COCCC(C(=O)[O-])[N+](C)(C)C)COC(=O)CCC/C=C/CCCCCC. The molecular weight excluding hydrogens is 582 g/mol. The zero-order chi connectivity index (χ0) is 34.3. The molecule has 0 amide bonds. The van der Waals surface area contributed by atoms with E-state index in [1.165, 1.54) is 25.7 Å². The molecule has 0 saturated heterocycles. The second-order valence-corrected chi connectivity index (χ2v) is 12.5. The van der Waals surface area contributed by atoms with E-state index in [9.17, 15) is 19.5 Å². The fraction of sp³-hybridized carbons (Fsp3) is 0.658. The van der Waals surface area contributed by atoms with Gasteiger partial charge in [0, 0.05) is 19.3 Å². The fourth-order valence-electron chi connectivity index (χ4n) is 4.49. The number of quaternary nitrogens is 1. The Morgan fingerprint density at radius 2 is 1.26 bits per heavy atom. The maximum absolute atomic E-state index is 12.6. The molecule has 46 heavy (non-hydrogen) atoms. The van der Waals surface area contributed by atoms with Gasteiger partial charge in [-0.2, -0.15) is 0 Å². The van der Waals surface area contributed by atoms with Crippen molar-refractivity contribution in [2.75, 3.05) is 41.0 Å². The molecular formula is C38H63NO7. The Hall–Kier alpha value is -2.97. The summed E-state index contributed by atoms with van der Waals surface area (Å²) in [5.74, 6) is -1.85. The first-order valence-electron chi connectivity index (χ1n) is 17.4.